The highest BCUT2D eigenvalue weighted by Crippen LogP contribution is 2.20. The summed E-state index contributed by atoms with van der Waals surface area (Å²) in [5.41, 5.74) is 2.60. The smallest absolute Gasteiger partial charge is 0.251 e. The number of carbonyl (C=O) groups is 1. The first-order valence-electron chi connectivity index (χ1n) is 6.85. The van der Waals surface area contributed by atoms with Crippen molar-refractivity contribution in [2.45, 2.75) is 25.3 Å². The van der Waals surface area contributed by atoms with E-state index in [2.05, 4.69) is 5.32 Å². The molecular formula is C17H17Cl2NO. The summed E-state index contributed by atoms with van der Waals surface area (Å²) in [5.74, 6) is 0.305. The van der Waals surface area contributed by atoms with Crippen LogP contribution in [0.5, 0.6) is 0 Å². The van der Waals surface area contributed by atoms with Gasteiger partial charge in [0.25, 0.3) is 5.91 Å². The highest BCUT2D eigenvalue weighted by molar-refractivity contribution is 6.30. The maximum absolute atomic E-state index is 12.3. The molecule has 0 aliphatic carbocycles. The zero-order valence-electron chi connectivity index (χ0n) is 11.8. The summed E-state index contributed by atoms with van der Waals surface area (Å²) in [6.07, 6.45) is 0.808. The number of nitrogens with one attached hydrogen (secondary N) is 1. The Labute approximate surface area is 135 Å². The molecule has 1 unspecified atom stereocenters. The lowest BCUT2D eigenvalue weighted by Gasteiger charge is -2.18. The van der Waals surface area contributed by atoms with Gasteiger partial charge in [0.05, 0.1) is 6.04 Å². The number of carbonyl (C=O) groups excluding carboxylic acids is 1. The van der Waals surface area contributed by atoms with Gasteiger partial charge in [0.2, 0.25) is 0 Å². The van der Waals surface area contributed by atoms with E-state index in [0.717, 1.165) is 17.5 Å². The van der Waals surface area contributed by atoms with Crippen molar-refractivity contribution in [1.82, 2.24) is 5.32 Å². The molecule has 2 aromatic carbocycles. The van der Waals surface area contributed by atoms with Crippen LogP contribution in [0.15, 0.2) is 48.5 Å². The van der Waals surface area contributed by atoms with Crippen LogP contribution in [0.25, 0.3) is 0 Å². The van der Waals surface area contributed by atoms with Crippen molar-refractivity contribution in [1.29, 1.82) is 0 Å². The monoisotopic (exact) mass is 321 g/mol. The molecule has 0 heterocycles. The van der Waals surface area contributed by atoms with Crippen molar-refractivity contribution in [2.24, 2.45) is 0 Å². The first-order chi connectivity index (χ1) is 10.1. The number of benzene rings is 2. The van der Waals surface area contributed by atoms with Crippen molar-refractivity contribution in [2.75, 3.05) is 0 Å². The number of alkyl halides is 1. The lowest BCUT2D eigenvalue weighted by molar-refractivity contribution is 0.0935. The van der Waals surface area contributed by atoms with Crippen molar-refractivity contribution in [3.63, 3.8) is 0 Å². The summed E-state index contributed by atoms with van der Waals surface area (Å²) in [7, 11) is 0. The van der Waals surface area contributed by atoms with Crippen molar-refractivity contribution in [3.05, 3.63) is 70.2 Å². The fourth-order valence-corrected chi connectivity index (χ4v) is 2.45. The standard InChI is InChI=1S/C17H17Cl2NO/c1-2-16(13-6-8-15(19)9-7-13)20-17(21)14-5-3-4-12(10-14)11-18/h3-10,16H,2,11H2,1H3,(H,20,21). The Morgan fingerprint density at radius 2 is 1.90 bits per heavy atom. The van der Waals surface area contributed by atoms with E-state index >= 15 is 0 Å². The number of amides is 1. The van der Waals surface area contributed by atoms with E-state index in [9.17, 15) is 4.79 Å². The second-order valence-electron chi connectivity index (χ2n) is 4.82. The molecule has 110 valence electrons. The molecule has 21 heavy (non-hydrogen) atoms. The van der Waals surface area contributed by atoms with Crippen LogP contribution in [0.1, 0.15) is 40.9 Å². The SMILES string of the molecule is CCC(NC(=O)c1cccc(CCl)c1)c1ccc(Cl)cc1. The predicted octanol–water partition coefficient (Wildman–Crippen LogP) is 4.96. The van der Waals surface area contributed by atoms with E-state index in [4.69, 9.17) is 23.2 Å². The van der Waals surface area contributed by atoms with E-state index in [0.29, 0.717) is 16.5 Å². The third kappa shape index (κ3) is 4.23. The second kappa shape index (κ2) is 7.48. The first kappa shape index (κ1) is 15.9. The van der Waals surface area contributed by atoms with Crippen molar-refractivity contribution >= 4 is 29.1 Å². The Morgan fingerprint density at radius 3 is 2.52 bits per heavy atom. The van der Waals surface area contributed by atoms with E-state index in [-0.39, 0.29) is 11.9 Å². The largest absolute Gasteiger partial charge is 0.345 e. The number of hydrogen-bond donors (Lipinski definition) is 1. The third-order valence-corrected chi connectivity index (χ3v) is 3.89. The number of hydrogen-bond acceptors (Lipinski definition) is 1. The summed E-state index contributed by atoms with van der Waals surface area (Å²) >= 11 is 11.7. The van der Waals surface area contributed by atoms with Gasteiger partial charge < -0.3 is 5.32 Å². The van der Waals surface area contributed by atoms with Crippen LogP contribution in [0.2, 0.25) is 5.02 Å². The summed E-state index contributed by atoms with van der Waals surface area (Å²) in [6.45, 7) is 2.04. The van der Waals surface area contributed by atoms with Gasteiger partial charge in [0.1, 0.15) is 0 Å². The molecule has 0 saturated carbocycles. The van der Waals surface area contributed by atoms with E-state index in [1.165, 1.54) is 0 Å². The van der Waals surface area contributed by atoms with Gasteiger partial charge in [-0.3, -0.25) is 4.79 Å². The lowest BCUT2D eigenvalue weighted by atomic mass is 10.0. The molecule has 2 rings (SSSR count). The van der Waals surface area contributed by atoms with E-state index in [1.54, 1.807) is 6.07 Å². The fourth-order valence-electron chi connectivity index (χ4n) is 2.15. The van der Waals surface area contributed by atoms with Crippen LogP contribution >= 0.6 is 23.2 Å². The predicted molar refractivity (Wildman–Crippen MR) is 87.9 cm³/mol. The average molecular weight is 322 g/mol. The molecule has 1 atom stereocenters. The minimum atomic E-state index is -0.0937. The highest BCUT2D eigenvalue weighted by atomic mass is 35.5. The quantitative estimate of drug-likeness (QED) is 0.775. The lowest BCUT2D eigenvalue weighted by Crippen LogP contribution is -2.28. The molecule has 0 aliphatic rings. The van der Waals surface area contributed by atoms with Gasteiger partial charge in [-0.15, -0.1) is 11.6 Å². The molecule has 0 radical (unpaired) electrons. The van der Waals surface area contributed by atoms with Gasteiger partial charge >= 0.3 is 0 Å². The maximum atomic E-state index is 12.3. The van der Waals surface area contributed by atoms with E-state index in [1.807, 2.05) is 49.4 Å². The molecule has 1 amide bonds. The van der Waals surface area contributed by atoms with Gasteiger partial charge in [-0.1, -0.05) is 42.8 Å². The van der Waals surface area contributed by atoms with E-state index < -0.39 is 0 Å². The van der Waals surface area contributed by atoms with Crippen LogP contribution in [0.3, 0.4) is 0 Å². The van der Waals surface area contributed by atoms with Gasteiger partial charge in [0.15, 0.2) is 0 Å². The van der Waals surface area contributed by atoms with Crippen LogP contribution < -0.4 is 5.32 Å². The van der Waals surface area contributed by atoms with Crippen LogP contribution in [0.4, 0.5) is 0 Å². The third-order valence-electron chi connectivity index (χ3n) is 3.33. The van der Waals surface area contributed by atoms with Gasteiger partial charge in [0, 0.05) is 16.5 Å². The molecule has 0 saturated heterocycles. The zero-order chi connectivity index (χ0) is 15.2. The number of halogens is 2. The van der Waals surface area contributed by atoms with Gasteiger partial charge in [-0.2, -0.15) is 0 Å². The zero-order valence-corrected chi connectivity index (χ0v) is 13.3. The van der Waals surface area contributed by atoms with Crippen LogP contribution in [0, 0.1) is 0 Å². The number of rotatable bonds is 5. The Bertz CT molecular complexity index is 610. The Balaban J connectivity index is 2.14. The Kier molecular flexibility index (Phi) is 5.66. The summed E-state index contributed by atoms with van der Waals surface area (Å²) in [6, 6.07) is 14.9. The maximum Gasteiger partial charge on any atom is 0.251 e. The molecular weight excluding hydrogens is 305 g/mol. The second-order valence-corrected chi connectivity index (χ2v) is 5.52. The fraction of sp³-hybridized carbons (Fsp3) is 0.235. The van der Waals surface area contributed by atoms with Gasteiger partial charge in [-0.25, -0.2) is 0 Å². The molecule has 0 spiro atoms. The first-order valence-corrected chi connectivity index (χ1v) is 7.76. The Morgan fingerprint density at radius 1 is 1.19 bits per heavy atom. The van der Waals surface area contributed by atoms with Crippen molar-refractivity contribution in [3.8, 4) is 0 Å². The molecule has 0 aromatic heterocycles. The molecule has 0 bridgehead atoms. The molecule has 2 nitrogen and oxygen atoms in total. The van der Waals surface area contributed by atoms with Crippen molar-refractivity contribution < 1.29 is 4.79 Å². The Hall–Kier alpha value is -1.51. The summed E-state index contributed by atoms with van der Waals surface area (Å²) in [4.78, 5) is 12.3. The molecule has 1 N–H and O–H groups in total. The summed E-state index contributed by atoms with van der Waals surface area (Å²) < 4.78 is 0. The summed E-state index contributed by atoms with van der Waals surface area (Å²) in [5, 5.41) is 3.73. The molecule has 0 fully saturated rings. The topological polar surface area (TPSA) is 29.1 Å². The minimum Gasteiger partial charge on any atom is -0.345 e. The minimum absolute atomic E-state index is 0.0329. The van der Waals surface area contributed by atoms with Crippen LogP contribution in [-0.2, 0) is 5.88 Å². The molecule has 4 heteroatoms. The highest BCUT2D eigenvalue weighted by Gasteiger charge is 2.14. The molecule has 0 aliphatic heterocycles. The average Bonchev–Trinajstić information content (AvgIpc) is 2.53. The van der Waals surface area contributed by atoms with Crippen LogP contribution in [-0.4, -0.2) is 5.91 Å². The van der Waals surface area contributed by atoms with Gasteiger partial charge in [-0.05, 0) is 41.8 Å². The normalized spacial score (nSPS) is 12.0. The molecule has 2 aromatic rings.